The molecule has 0 saturated carbocycles. The molecular weight excluding hydrogens is 270 g/mol. The maximum Gasteiger partial charge on any atom is 0.269 e. The Balaban J connectivity index is 2.01. The van der Waals surface area contributed by atoms with Gasteiger partial charge in [-0.05, 0) is 13.8 Å². The Labute approximate surface area is 121 Å². The zero-order valence-corrected chi connectivity index (χ0v) is 12.1. The molecule has 4 nitrogen and oxygen atoms in total. The van der Waals surface area contributed by atoms with Crippen molar-refractivity contribution in [3.8, 4) is 11.3 Å². The predicted octanol–water partition coefficient (Wildman–Crippen LogP) is 3.20. The molecule has 0 aliphatic heterocycles. The number of hydrogen-bond donors (Lipinski definition) is 1. The van der Waals surface area contributed by atoms with Crippen molar-refractivity contribution in [2.75, 3.05) is 0 Å². The van der Waals surface area contributed by atoms with E-state index in [0.717, 1.165) is 16.2 Å². The van der Waals surface area contributed by atoms with Gasteiger partial charge < -0.3 is 5.32 Å². The number of carbonyl (C=O) groups is 1. The van der Waals surface area contributed by atoms with Crippen molar-refractivity contribution < 1.29 is 4.79 Å². The van der Waals surface area contributed by atoms with Crippen LogP contribution in [0.2, 0.25) is 0 Å². The average Bonchev–Trinajstić information content (AvgIpc) is 2.98. The first-order chi connectivity index (χ1) is 9.65. The minimum absolute atomic E-state index is 0.0664. The first-order valence-electron chi connectivity index (χ1n) is 6.48. The van der Waals surface area contributed by atoms with Crippen LogP contribution < -0.4 is 5.32 Å². The molecule has 102 valence electrons. The summed E-state index contributed by atoms with van der Waals surface area (Å²) in [5.41, 5.74) is 2.57. The van der Waals surface area contributed by atoms with Gasteiger partial charge in [0.1, 0.15) is 5.69 Å². The fourth-order valence-electron chi connectivity index (χ4n) is 2.03. The van der Waals surface area contributed by atoms with Crippen molar-refractivity contribution in [3.63, 3.8) is 0 Å². The second-order valence-electron chi connectivity index (χ2n) is 4.89. The number of rotatable bonds is 3. The van der Waals surface area contributed by atoms with Gasteiger partial charge in [-0.1, -0.05) is 30.3 Å². The summed E-state index contributed by atoms with van der Waals surface area (Å²) in [5, 5.41) is 4.75. The molecule has 2 heterocycles. The van der Waals surface area contributed by atoms with Gasteiger partial charge in [0, 0.05) is 23.2 Å². The van der Waals surface area contributed by atoms with Crippen LogP contribution in [-0.4, -0.2) is 21.3 Å². The van der Waals surface area contributed by atoms with Crippen LogP contribution in [0.3, 0.4) is 0 Å². The van der Waals surface area contributed by atoms with Gasteiger partial charge in [-0.15, -0.1) is 11.3 Å². The van der Waals surface area contributed by atoms with E-state index in [4.69, 9.17) is 0 Å². The highest BCUT2D eigenvalue weighted by molar-refractivity contribution is 7.15. The number of hydrogen-bond acceptors (Lipinski definition) is 3. The van der Waals surface area contributed by atoms with E-state index in [1.54, 1.807) is 0 Å². The molecule has 5 heteroatoms. The highest BCUT2D eigenvalue weighted by Crippen LogP contribution is 2.23. The van der Waals surface area contributed by atoms with Crippen molar-refractivity contribution >= 4 is 22.2 Å². The molecule has 0 radical (unpaired) electrons. The molecule has 2 aromatic heterocycles. The average molecular weight is 285 g/mol. The summed E-state index contributed by atoms with van der Waals surface area (Å²) in [4.78, 5) is 17.5. The normalized spacial score (nSPS) is 11.2. The monoisotopic (exact) mass is 285 g/mol. The van der Waals surface area contributed by atoms with Crippen LogP contribution in [0.15, 0.2) is 41.9 Å². The number of nitrogens with zero attached hydrogens (tertiary/aromatic N) is 2. The van der Waals surface area contributed by atoms with E-state index < -0.39 is 0 Å². The molecule has 0 saturated heterocycles. The van der Waals surface area contributed by atoms with Gasteiger partial charge in [0.25, 0.3) is 5.91 Å². The third-order valence-electron chi connectivity index (χ3n) is 2.93. The smallest absolute Gasteiger partial charge is 0.269 e. The fraction of sp³-hybridized carbons (Fsp3) is 0.200. The van der Waals surface area contributed by atoms with Gasteiger partial charge in [0.2, 0.25) is 0 Å². The summed E-state index contributed by atoms with van der Waals surface area (Å²) in [6, 6.07) is 10.1. The zero-order valence-electron chi connectivity index (χ0n) is 11.3. The van der Waals surface area contributed by atoms with Gasteiger partial charge >= 0.3 is 0 Å². The van der Waals surface area contributed by atoms with Gasteiger partial charge in [-0.3, -0.25) is 9.20 Å². The minimum atomic E-state index is -0.0664. The molecule has 0 spiro atoms. The van der Waals surface area contributed by atoms with Crippen LogP contribution in [0.5, 0.6) is 0 Å². The predicted molar refractivity (Wildman–Crippen MR) is 81.1 cm³/mol. The summed E-state index contributed by atoms with van der Waals surface area (Å²) >= 11 is 1.48. The molecule has 20 heavy (non-hydrogen) atoms. The van der Waals surface area contributed by atoms with E-state index in [1.165, 1.54) is 11.3 Å². The van der Waals surface area contributed by atoms with Gasteiger partial charge in [0.15, 0.2) is 4.96 Å². The molecule has 3 rings (SSSR count). The lowest BCUT2D eigenvalue weighted by Gasteiger charge is -2.06. The molecule has 1 aromatic carbocycles. The number of aromatic nitrogens is 2. The van der Waals surface area contributed by atoms with E-state index in [0.29, 0.717) is 5.69 Å². The van der Waals surface area contributed by atoms with Crippen molar-refractivity contribution in [2.24, 2.45) is 0 Å². The summed E-state index contributed by atoms with van der Waals surface area (Å²) in [6.45, 7) is 3.90. The lowest BCUT2D eigenvalue weighted by molar-refractivity contribution is 0.0937. The first-order valence-corrected chi connectivity index (χ1v) is 7.36. The van der Waals surface area contributed by atoms with Crippen LogP contribution in [0.1, 0.15) is 24.3 Å². The molecule has 1 amide bonds. The number of amides is 1. The van der Waals surface area contributed by atoms with Crippen LogP contribution in [0, 0.1) is 0 Å². The van der Waals surface area contributed by atoms with Gasteiger partial charge in [0.05, 0.1) is 5.69 Å². The van der Waals surface area contributed by atoms with Crippen LogP contribution in [0.25, 0.3) is 16.2 Å². The zero-order chi connectivity index (χ0) is 14.1. The lowest BCUT2D eigenvalue weighted by Crippen LogP contribution is -2.30. The molecule has 0 atom stereocenters. The SMILES string of the molecule is CC(C)NC(=O)c1csc2nc(-c3ccccc3)cn12. The highest BCUT2D eigenvalue weighted by Gasteiger charge is 2.15. The van der Waals surface area contributed by atoms with E-state index >= 15 is 0 Å². The number of carbonyl (C=O) groups excluding carboxylic acids is 1. The first kappa shape index (κ1) is 12.9. The quantitative estimate of drug-likeness (QED) is 0.803. The summed E-state index contributed by atoms with van der Waals surface area (Å²) in [5.74, 6) is -0.0664. The van der Waals surface area contributed by atoms with E-state index in [-0.39, 0.29) is 11.9 Å². The van der Waals surface area contributed by atoms with E-state index in [9.17, 15) is 4.79 Å². The molecular formula is C15H15N3OS. The molecule has 3 aromatic rings. The van der Waals surface area contributed by atoms with Crippen LogP contribution in [-0.2, 0) is 0 Å². The highest BCUT2D eigenvalue weighted by atomic mass is 32.1. The number of fused-ring (bicyclic) bond motifs is 1. The van der Waals surface area contributed by atoms with Crippen LogP contribution in [0.4, 0.5) is 0 Å². The van der Waals surface area contributed by atoms with E-state index in [1.807, 2.05) is 60.2 Å². The molecule has 0 unspecified atom stereocenters. The molecule has 0 bridgehead atoms. The summed E-state index contributed by atoms with van der Waals surface area (Å²) in [7, 11) is 0. The minimum Gasteiger partial charge on any atom is -0.349 e. The Bertz CT molecular complexity index is 743. The third-order valence-corrected chi connectivity index (χ3v) is 3.77. The lowest BCUT2D eigenvalue weighted by atomic mass is 10.2. The summed E-state index contributed by atoms with van der Waals surface area (Å²) in [6.07, 6.45) is 1.91. The second kappa shape index (κ2) is 5.09. The number of nitrogens with one attached hydrogen (secondary N) is 1. The largest absolute Gasteiger partial charge is 0.349 e. The van der Waals surface area contributed by atoms with Crippen molar-refractivity contribution in [1.29, 1.82) is 0 Å². The summed E-state index contributed by atoms with van der Waals surface area (Å²) < 4.78 is 1.85. The maximum atomic E-state index is 12.1. The Hall–Kier alpha value is -2.14. The number of thiazole rings is 1. The molecule has 0 aliphatic rings. The Morgan fingerprint density at radius 2 is 2.05 bits per heavy atom. The van der Waals surface area contributed by atoms with E-state index in [2.05, 4.69) is 10.3 Å². The van der Waals surface area contributed by atoms with Crippen LogP contribution >= 0.6 is 11.3 Å². The third kappa shape index (κ3) is 2.32. The Kier molecular flexibility index (Phi) is 3.28. The molecule has 0 aliphatic carbocycles. The van der Waals surface area contributed by atoms with Gasteiger partial charge in [-0.25, -0.2) is 4.98 Å². The second-order valence-corrected chi connectivity index (χ2v) is 5.73. The number of benzene rings is 1. The van der Waals surface area contributed by atoms with Gasteiger partial charge in [-0.2, -0.15) is 0 Å². The Morgan fingerprint density at radius 3 is 2.75 bits per heavy atom. The van der Waals surface area contributed by atoms with Crippen molar-refractivity contribution in [3.05, 3.63) is 47.6 Å². The topological polar surface area (TPSA) is 46.4 Å². The van der Waals surface area contributed by atoms with Crippen molar-refractivity contribution in [1.82, 2.24) is 14.7 Å². The molecule has 1 N–H and O–H groups in total. The Morgan fingerprint density at radius 1 is 1.30 bits per heavy atom. The number of imidazole rings is 1. The fourth-order valence-corrected chi connectivity index (χ4v) is 2.88. The molecule has 0 fully saturated rings. The van der Waals surface area contributed by atoms with Crippen molar-refractivity contribution in [2.45, 2.75) is 19.9 Å². The maximum absolute atomic E-state index is 12.1. The standard InChI is InChI=1S/C15H15N3OS/c1-10(2)16-14(19)13-9-20-15-17-12(8-18(13)15)11-6-4-3-5-7-11/h3-10H,1-2H3,(H,16,19).